The molecular weight excluding hydrogens is 128 g/mol. The molecule has 2 N–H and O–H groups in total. The van der Waals surface area contributed by atoms with Gasteiger partial charge in [-0.3, -0.25) is 9.11 Å². The molecule has 2 aliphatic rings. The summed E-state index contributed by atoms with van der Waals surface area (Å²) in [4.78, 5) is 0. The van der Waals surface area contributed by atoms with Crippen molar-refractivity contribution in [1.29, 1.82) is 0 Å². The van der Waals surface area contributed by atoms with Crippen molar-refractivity contribution < 1.29 is 26.4 Å². The van der Waals surface area contributed by atoms with Crippen LogP contribution in [0.15, 0.2) is 0 Å². The minimum Gasteiger partial charge on any atom is -0.264 e. The van der Waals surface area contributed by atoms with Crippen molar-refractivity contribution in [3.63, 3.8) is 0 Å². The molecular formula is H2O6S. The lowest BCUT2D eigenvalue weighted by atomic mass is 15.0. The highest BCUT2D eigenvalue weighted by Gasteiger charge is 2.94. The highest BCUT2D eigenvalue weighted by molar-refractivity contribution is 8.48. The molecule has 7 heavy (non-hydrogen) atoms. The molecule has 6 nitrogen and oxygen atoms in total. The molecule has 0 radical (unpaired) electrons. The van der Waals surface area contributed by atoms with Crippen LogP contribution in [0.4, 0.5) is 0 Å². The Bertz CT molecular complexity index is 118. The van der Waals surface area contributed by atoms with Gasteiger partial charge in [-0.25, -0.2) is 0 Å². The first-order valence-electron chi connectivity index (χ1n) is 1.37. The molecule has 0 atom stereocenters. The van der Waals surface area contributed by atoms with Crippen LogP contribution in [-0.2, 0) is 17.3 Å². The fourth-order valence-corrected chi connectivity index (χ4v) is 0.992. The van der Waals surface area contributed by atoms with Gasteiger partial charge in [-0.2, -0.15) is 0 Å². The van der Waals surface area contributed by atoms with Crippen LogP contribution >= 0.6 is 9.98 Å². The van der Waals surface area contributed by atoms with E-state index in [0.717, 1.165) is 0 Å². The van der Waals surface area contributed by atoms with Gasteiger partial charge in [0.15, 0.2) is 0 Å². The second kappa shape index (κ2) is 0.437. The Labute approximate surface area is 37.5 Å². The van der Waals surface area contributed by atoms with Crippen LogP contribution in [0, 0.1) is 0 Å². The summed E-state index contributed by atoms with van der Waals surface area (Å²) in [6.45, 7) is 0. The summed E-state index contributed by atoms with van der Waals surface area (Å²) in [5, 5.41) is 0. The molecule has 0 aliphatic carbocycles. The quantitative estimate of drug-likeness (QED) is 0.364. The molecule has 0 bridgehead atoms. The standard InChI is InChI=1S/H2O6S/c1-7(2,3-4-7)5-6-7/h1-2H. The van der Waals surface area contributed by atoms with E-state index in [9.17, 15) is 0 Å². The Hall–Kier alpha value is 0.110. The van der Waals surface area contributed by atoms with E-state index in [1.165, 1.54) is 0 Å². The van der Waals surface area contributed by atoms with Gasteiger partial charge in [0.25, 0.3) is 0 Å². The average molecular weight is 130 g/mol. The van der Waals surface area contributed by atoms with Gasteiger partial charge in [-0.15, -0.1) is 0 Å². The Morgan fingerprint density at radius 2 is 1.14 bits per heavy atom. The Morgan fingerprint density at radius 1 is 0.857 bits per heavy atom. The first-order chi connectivity index (χ1) is 2.97. The molecule has 0 amide bonds. The molecule has 1 spiro atoms. The molecule has 0 aromatic heterocycles. The molecule has 2 aliphatic heterocycles. The predicted molar refractivity (Wildman–Crippen MR) is 17.2 cm³/mol. The fraction of sp³-hybridized carbons (Fsp3) is 0. The van der Waals surface area contributed by atoms with Gasteiger partial charge in [0, 0.05) is 0 Å². The lowest BCUT2D eigenvalue weighted by molar-refractivity contribution is 0.0850. The minimum atomic E-state index is -4.97. The molecule has 7 heteroatoms. The third-order valence-corrected chi connectivity index (χ3v) is 1.81. The van der Waals surface area contributed by atoms with Gasteiger partial charge in [-0.05, 0) is 0 Å². The highest BCUT2D eigenvalue weighted by Crippen LogP contribution is 3.09. The van der Waals surface area contributed by atoms with Crippen molar-refractivity contribution >= 4 is 9.98 Å². The number of hydrogen-bond acceptors (Lipinski definition) is 6. The second-order valence-corrected chi connectivity index (χ2v) is 4.08. The molecule has 0 aromatic carbocycles. The van der Waals surface area contributed by atoms with Gasteiger partial charge in [0.05, 0.1) is 0 Å². The van der Waals surface area contributed by atoms with E-state index in [4.69, 9.17) is 9.11 Å². The maximum Gasteiger partial charge on any atom is 0.327 e. The lowest BCUT2D eigenvalue weighted by Gasteiger charge is -2.09. The molecule has 2 fully saturated rings. The Balaban J connectivity index is 2.57. The molecule has 0 unspecified atom stereocenters. The van der Waals surface area contributed by atoms with Crippen molar-refractivity contribution in [2.24, 2.45) is 0 Å². The fourth-order valence-electron chi connectivity index (χ4n) is 0.140. The van der Waals surface area contributed by atoms with Crippen molar-refractivity contribution in [3.05, 3.63) is 0 Å². The van der Waals surface area contributed by atoms with Crippen LogP contribution in [0.25, 0.3) is 0 Å². The van der Waals surface area contributed by atoms with Gasteiger partial charge < -0.3 is 0 Å². The molecule has 0 saturated carbocycles. The van der Waals surface area contributed by atoms with Crippen LogP contribution in [0.3, 0.4) is 0 Å². The summed E-state index contributed by atoms with van der Waals surface area (Å²) in [5.41, 5.74) is 0. The predicted octanol–water partition coefficient (Wildman–Crippen LogP) is 0.392. The van der Waals surface area contributed by atoms with Gasteiger partial charge in [0.2, 0.25) is 0 Å². The first-order valence-corrected chi connectivity index (χ1v) is 3.43. The summed E-state index contributed by atoms with van der Waals surface area (Å²) in [5.74, 6) is 0. The van der Waals surface area contributed by atoms with E-state index in [-0.39, 0.29) is 0 Å². The maximum absolute atomic E-state index is 8.46. The van der Waals surface area contributed by atoms with E-state index in [1.54, 1.807) is 0 Å². The summed E-state index contributed by atoms with van der Waals surface area (Å²) in [6.07, 6.45) is 0. The monoisotopic (exact) mass is 130 g/mol. The first kappa shape index (κ1) is 4.04. The molecule has 2 heterocycles. The van der Waals surface area contributed by atoms with E-state index in [2.05, 4.69) is 17.3 Å². The van der Waals surface area contributed by atoms with Crippen LogP contribution in [0.1, 0.15) is 0 Å². The molecule has 2 rings (SSSR count). The third-order valence-electron chi connectivity index (χ3n) is 0.602. The van der Waals surface area contributed by atoms with Crippen LogP contribution in [0.2, 0.25) is 0 Å². The Kier molecular flexibility index (Phi) is 0.252. The van der Waals surface area contributed by atoms with Gasteiger partial charge >= 0.3 is 9.98 Å². The van der Waals surface area contributed by atoms with Crippen molar-refractivity contribution in [1.82, 2.24) is 0 Å². The molecule has 2 saturated heterocycles. The topological polar surface area (TPSA) is 90.6 Å². The maximum atomic E-state index is 8.46. The van der Waals surface area contributed by atoms with E-state index in [0.29, 0.717) is 0 Å². The van der Waals surface area contributed by atoms with Crippen LogP contribution in [0.5, 0.6) is 0 Å². The zero-order valence-corrected chi connectivity index (χ0v) is 3.75. The molecule has 44 valence electrons. The number of rotatable bonds is 0. The van der Waals surface area contributed by atoms with E-state index >= 15 is 0 Å². The van der Waals surface area contributed by atoms with Gasteiger partial charge in [0.1, 0.15) is 0 Å². The minimum absolute atomic E-state index is 3.67. The summed E-state index contributed by atoms with van der Waals surface area (Å²) in [7, 11) is -4.97. The van der Waals surface area contributed by atoms with Crippen LogP contribution in [-0.4, -0.2) is 9.11 Å². The van der Waals surface area contributed by atoms with Gasteiger partial charge in [-0.1, -0.05) is 17.3 Å². The zero-order chi connectivity index (χ0) is 5.24. The van der Waals surface area contributed by atoms with Crippen molar-refractivity contribution in [2.45, 2.75) is 0 Å². The van der Waals surface area contributed by atoms with Crippen molar-refractivity contribution in [2.75, 3.05) is 0 Å². The average Bonchev–Trinajstić information content (AvgIpc) is 2.29. The Morgan fingerprint density at radius 3 is 1.14 bits per heavy atom. The highest BCUT2D eigenvalue weighted by atomic mass is 32.4. The zero-order valence-electron chi connectivity index (χ0n) is 2.94. The summed E-state index contributed by atoms with van der Waals surface area (Å²) < 4.78 is 31.6. The van der Waals surface area contributed by atoms with Crippen LogP contribution < -0.4 is 0 Å². The molecule has 0 aromatic rings. The summed E-state index contributed by atoms with van der Waals surface area (Å²) in [6, 6.07) is 0. The lowest BCUT2D eigenvalue weighted by Crippen LogP contribution is -1.95. The van der Waals surface area contributed by atoms with E-state index < -0.39 is 9.98 Å². The second-order valence-electron chi connectivity index (χ2n) is 1.36. The normalized spacial score (nSPS) is 55.7. The summed E-state index contributed by atoms with van der Waals surface area (Å²) >= 11 is 0. The third kappa shape index (κ3) is 0.315. The smallest absolute Gasteiger partial charge is 0.264 e. The largest absolute Gasteiger partial charge is 0.327 e. The van der Waals surface area contributed by atoms with E-state index in [1.807, 2.05) is 0 Å². The SMILES string of the molecule is OS12(O)(OO1)OO2. The number of hydrogen-bond donors (Lipinski definition) is 2. The van der Waals surface area contributed by atoms with Crippen molar-refractivity contribution in [3.8, 4) is 0 Å².